The molecular formula is C22H23N5O. The third kappa shape index (κ3) is 2.99. The van der Waals surface area contributed by atoms with Gasteiger partial charge in [0.1, 0.15) is 5.82 Å². The summed E-state index contributed by atoms with van der Waals surface area (Å²) in [6.45, 7) is 7.06. The molecule has 1 aliphatic heterocycles. The van der Waals surface area contributed by atoms with Crippen LogP contribution in [0, 0.1) is 0 Å². The number of rotatable bonds is 4. The maximum absolute atomic E-state index is 5.43. The molecule has 0 amide bonds. The van der Waals surface area contributed by atoms with Gasteiger partial charge >= 0.3 is 0 Å². The van der Waals surface area contributed by atoms with E-state index >= 15 is 0 Å². The molecule has 0 N–H and O–H groups in total. The number of benzene rings is 1. The van der Waals surface area contributed by atoms with Crippen molar-refractivity contribution in [1.29, 1.82) is 0 Å². The Morgan fingerprint density at radius 3 is 2.82 bits per heavy atom. The number of furan rings is 1. The molecule has 0 fully saturated rings. The van der Waals surface area contributed by atoms with E-state index in [0.29, 0.717) is 11.9 Å². The molecule has 5 rings (SSSR count). The molecule has 142 valence electrons. The number of hydrogen-bond acceptors (Lipinski definition) is 5. The van der Waals surface area contributed by atoms with E-state index in [2.05, 4.69) is 52.6 Å². The van der Waals surface area contributed by atoms with Gasteiger partial charge in [-0.3, -0.25) is 4.90 Å². The van der Waals surface area contributed by atoms with Crippen LogP contribution in [0.5, 0.6) is 0 Å². The van der Waals surface area contributed by atoms with Crippen LogP contribution < -0.4 is 0 Å². The molecule has 1 aliphatic rings. The van der Waals surface area contributed by atoms with Gasteiger partial charge in [-0.15, -0.1) is 0 Å². The Morgan fingerprint density at radius 2 is 2.00 bits per heavy atom. The van der Waals surface area contributed by atoms with E-state index in [1.807, 2.05) is 18.3 Å². The highest BCUT2D eigenvalue weighted by Gasteiger charge is 2.22. The van der Waals surface area contributed by atoms with Gasteiger partial charge in [-0.05, 0) is 38.1 Å². The van der Waals surface area contributed by atoms with Crippen LogP contribution in [-0.4, -0.2) is 31.0 Å². The average Bonchev–Trinajstić information content (AvgIpc) is 3.35. The van der Waals surface area contributed by atoms with Crippen LogP contribution in [0.25, 0.3) is 22.6 Å². The van der Waals surface area contributed by atoms with Crippen molar-refractivity contribution in [1.82, 2.24) is 24.4 Å². The lowest BCUT2D eigenvalue weighted by atomic mass is 10.1. The third-order valence-corrected chi connectivity index (χ3v) is 5.30. The number of fused-ring (bicyclic) bond motifs is 2. The molecule has 6 nitrogen and oxygen atoms in total. The van der Waals surface area contributed by atoms with Gasteiger partial charge < -0.3 is 8.98 Å². The van der Waals surface area contributed by atoms with Crippen LogP contribution in [0.15, 0.2) is 53.3 Å². The molecule has 4 aromatic rings. The summed E-state index contributed by atoms with van der Waals surface area (Å²) in [4.78, 5) is 16.6. The van der Waals surface area contributed by atoms with Crippen molar-refractivity contribution in [3.8, 4) is 11.6 Å². The zero-order chi connectivity index (χ0) is 19.1. The smallest absolute Gasteiger partial charge is 0.195 e. The van der Waals surface area contributed by atoms with Crippen LogP contribution >= 0.6 is 0 Å². The fourth-order valence-corrected chi connectivity index (χ4v) is 4.02. The Morgan fingerprint density at radius 1 is 1.11 bits per heavy atom. The number of imidazole rings is 1. The first-order valence-electron chi connectivity index (χ1n) is 9.76. The molecular weight excluding hydrogens is 350 g/mol. The summed E-state index contributed by atoms with van der Waals surface area (Å²) in [5, 5.41) is 0. The van der Waals surface area contributed by atoms with Gasteiger partial charge in [-0.25, -0.2) is 15.0 Å². The minimum atomic E-state index is 0.374. The van der Waals surface area contributed by atoms with Crippen LogP contribution in [0.1, 0.15) is 37.0 Å². The highest BCUT2D eigenvalue weighted by Crippen LogP contribution is 2.25. The van der Waals surface area contributed by atoms with Gasteiger partial charge in [0.05, 0.1) is 29.5 Å². The lowest BCUT2D eigenvalue weighted by Gasteiger charge is -2.28. The van der Waals surface area contributed by atoms with Gasteiger partial charge in [-0.2, -0.15) is 0 Å². The quantitative estimate of drug-likeness (QED) is 0.536. The minimum Gasteiger partial charge on any atom is -0.461 e. The van der Waals surface area contributed by atoms with Crippen molar-refractivity contribution in [2.45, 2.75) is 39.4 Å². The average molecular weight is 373 g/mol. The molecule has 0 atom stereocenters. The maximum atomic E-state index is 5.43. The lowest BCUT2D eigenvalue weighted by molar-refractivity contribution is 0.232. The summed E-state index contributed by atoms with van der Waals surface area (Å²) in [5.74, 6) is 2.50. The maximum Gasteiger partial charge on any atom is 0.195 e. The van der Waals surface area contributed by atoms with Gasteiger partial charge in [0.25, 0.3) is 0 Å². The largest absolute Gasteiger partial charge is 0.461 e. The summed E-state index contributed by atoms with van der Waals surface area (Å²) < 4.78 is 7.78. The highest BCUT2D eigenvalue weighted by molar-refractivity contribution is 5.76. The van der Waals surface area contributed by atoms with E-state index in [1.54, 1.807) is 6.26 Å². The SMILES string of the molecule is CC(C)n1c(CN2CCc3nc(-c4ccco4)ncc3C2)nc2ccccc21. The van der Waals surface area contributed by atoms with Crippen molar-refractivity contribution in [3.05, 3.63) is 65.9 Å². The second kappa shape index (κ2) is 6.87. The topological polar surface area (TPSA) is 60.0 Å². The van der Waals surface area contributed by atoms with Crippen LogP contribution in [0.4, 0.5) is 0 Å². The normalized spacial score (nSPS) is 14.7. The van der Waals surface area contributed by atoms with E-state index in [4.69, 9.17) is 14.4 Å². The van der Waals surface area contributed by atoms with Crippen molar-refractivity contribution in [2.24, 2.45) is 0 Å². The second-order valence-electron chi connectivity index (χ2n) is 7.58. The Bertz CT molecular complexity index is 1110. The minimum absolute atomic E-state index is 0.374. The lowest BCUT2D eigenvalue weighted by Crippen LogP contribution is -2.32. The summed E-state index contributed by atoms with van der Waals surface area (Å²) in [6, 6.07) is 12.5. The molecule has 0 saturated carbocycles. The first-order valence-corrected chi connectivity index (χ1v) is 9.76. The van der Waals surface area contributed by atoms with Gasteiger partial charge in [-0.1, -0.05) is 12.1 Å². The van der Waals surface area contributed by atoms with Gasteiger partial charge in [0, 0.05) is 37.3 Å². The highest BCUT2D eigenvalue weighted by atomic mass is 16.3. The number of nitrogens with zero attached hydrogens (tertiary/aromatic N) is 5. The van der Waals surface area contributed by atoms with Crippen molar-refractivity contribution < 1.29 is 4.42 Å². The molecule has 6 heteroatoms. The first-order chi connectivity index (χ1) is 13.7. The Labute approximate surface area is 163 Å². The van der Waals surface area contributed by atoms with Crippen LogP contribution in [0.3, 0.4) is 0 Å². The predicted molar refractivity (Wildman–Crippen MR) is 108 cm³/mol. The molecule has 0 bridgehead atoms. The third-order valence-electron chi connectivity index (χ3n) is 5.30. The Kier molecular flexibility index (Phi) is 4.20. The second-order valence-corrected chi connectivity index (χ2v) is 7.58. The fourth-order valence-electron chi connectivity index (χ4n) is 4.02. The Balaban J connectivity index is 1.40. The molecule has 0 spiro atoms. The van der Waals surface area contributed by atoms with Gasteiger partial charge in [0.15, 0.2) is 11.6 Å². The van der Waals surface area contributed by atoms with Gasteiger partial charge in [0.2, 0.25) is 0 Å². The van der Waals surface area contributed by atoms with Crippen molar-refractivity contribution >= 4 is 11.0 Å². The monoisotopic (exact) mass is 373 g/mol. The molecule has 0 saturated heterocycles. The van der Waals surface area contributed by atoms with E-state index in [-0.39, 0.29) is 0 Å². The van der Waals surface area contributed by atoms with Crippen LogP contribution in [-0.2, 0) is 19.5 Å². The zero-order valence-corrected chi connectivity index (χ0v) is 16.2. The number of hydrogen-bond donors (Lipinski definition) is 0. The molecule has 1 aromatic carbocycles. The number of para-hydroxylation sites is 2. The Hall–Kier alpha value is -2.99. The van der Waals surface area contributed by atoms with E-state index in [9.17, 15) is 0 Å². The molecule has 0 aliphatic carbocycles. The summed E-state index contributed by atoms with van der Waals surface area (Å²) in [7, 11) is 0. The van der Waals surface area contributed by atoms with E-state index in [0.717, 1.165) is 48.9 Å². The van der Waals surface area contributed by atoms with E-state index < -0.39 is 0 Å². The molecule has 3 aromatic heterocycles. The molecule has 0 unspecified atom stereocenters. The molecule has 28 heavy (non-hydrogen) atoms. The number of aromatic nitrogens is 4. The summed E-state index contributed by atoms with van der Waals surface area (Å²) >= 11 is 0. The zero-order valence-electron chi connectivity index (χ0n) is 16.2. The summed E-state index contributed by atoms with van der Waals surface area (Å²) in [6.07, 6.45) is 4.51. The van der Waals surface area contributed by atoms with Crippen LogP contribution in [0.2, 0.25) is 0 Å². The first kappa shape index (κ1) is 17.1. The predicted octanol–water partition coefficient (Wildman–Crippen LogP) is 4.23. The molecule has 4 heterocycles. The van der Waals surface area contributed by atoms with Crippen molar-refractivity contribution in [3.63, 3.8) is 0 Å². The fraction of sp³-hybridized carbons (Fsp3) is 0.318. The van der Waals surface area contributed by atoms with Crippen molar-refractivity contribution in [2.75, 3.05) is 6.54 Å². The summed E-state index contributed by atoms with van der Waals surface area (Å²) in [5.41, 5.74) is 4.58. The standard InChI is InChI=1S/C22H23N5O/c1-15(2)27-19-7-4-3-6-18(19)24-21(27)14-26-10-9-17-16(13-26)12-23-22(25-17)20-8-5-11-28-20/h3-8,11-12,15H,9-10,13-14H2,1-2H3. The molecule has 0 radical (unpaired) electrons. The van der Waals surface area contributed by atoms with E-state index in [1.165, 1.54) is 11.1 Å².